The van der Waals surface area contributed by atoms with Crippen molar-refractivity contribution >= 4 is 22.9 Å². The van der Waals surface area contributed by atoms with E-state index in [0.29, 0.717) is 23.7 Å². The quantitative estimate of drug-likeness (QED) is 0.287. The molecular formula is C26H22N2O5. The summed E-state index contributed by atoms with van der Waals surface area (Å²) in [6.45, 7) is 0.386. The summed E-state index contributed by atoms with van der Waals surface area (Å²) in [5, 5.41) is 25.3. The molecule has 4 aromatic rings. The van der Waals surface area contributed by atoms with Crippen molar-refractivity contribution in [1.29, 1.82) is 0 Å². The molecule has 0 bridgehead atoms. The van der Waals surface area contributed by atoms with Gasteiger partial charge in [-0.3, -0.25) is 4.79 Å². The van der Waals surface area contributed by atoms with Crippen molar-refractivity contribution in [3.8, 4) is 23.0 Å². The van der Waals surface area contributed by atoms with Crippen molar-refractivity contribution < 1.29 is 24.5 Å². The Morgan fingerprint density at radius 3 is 2.61 bits per heavy atom. The molecule has 0 saturated carbocycles. The van der Waals surface area contributed by atoms with E-state index in [1.165, 1.54) is 18.3 Å². The summed E-state index contributed by atoms with van der Waals surface area (Å²) in [5.41, 5.74) is 4.09. The third-order valence-electron chi connectivity index (χ3n) is 5.06. The maximum Gasteiger partial charge on any atom is 0.275 e. The molecule has 0 radical (unpaired) electrons. The average molecular weight is 442 g/mol. The molecule has 1 amide bonds. The fraction of sp³-hybridized carbons (Fsp3) is 0.0769. The third kappa shape index (κ3) is 5.04. The van der Waals surface area contributed by atoms with Crippen molar-refractivity contribution in [1.82, 2.24) is 5.43 Å². The van der Waals surface area contributed by atoms with Crippen LogP contribution in [0.1, 0.15) is 21.5 Å². The van der Waals surface area contributed by atoms with Crippen LogP contribution in [-0.2, 0) is 6.61 Å². The summed E-state index contributed by atoms with van der Waals surface area (Å²) in [5.74, 6) is 0.0348. The molecule has 0 aromatic heterocycles. The Labute approximate surface area is 190 Å². The topological polar surface area (TPSA) is 100 Å². The van der Waals surface area contributed by atoms with Gasteiger partial charge in [-0.05, 0) is 52.2 Å². The van der Waals surface area contributed by atoms with Crippen LogP contribution in [0.5, 0.6) is 23.0 Å². The van der Waals surface area contributed by atoms with E-state index in [9.17, 15) is 15.0 Å². The van der Waals surface area contributed by atoms with Gasteiger partial charge in [0, 0.05) is 6.07 Å². The molecule has 0 unspecified atom stereocenters. The van der Waals surface area contributed by atoms with E-state index in [2.05, 4.69) is 28.7 Å². The van der Waals surface area contributed by atoms with Crippen molar-refractivity contribution in [2.24, 2.45) is 5.10 Å². The molecule has 0 atom stereocenters. The highest BCUT2D eigenvalue weighted by Gasteiger charge is 2.11. The minimum Gasteiger partial charge on any atom is -0.508 e. The molecule has 3 N–H and O–H groups in total. The van der Waals surface area contributed by atoms with Crippen LogP contribution >= 0.6 is 0 Å². The number of nitrogens with one attached hydrogen (secondary N) is 1. The lowest BCUT2D eigenvalue weighted by atomic mass is 10.1. The minimum atomic E-state index is -0.606. The highest BCUT2D eigenvalue weighted by Crippen LogP contribution is 2.29. The van der Waals surface area contributed by atoms with E-state index in [-0.39, 0.29) is 17.1 Å². The Morgan fingerprint density at radius 2 is 1.79 bits per heavy atom. The lowest BCUT2D eigenvalue weighted by molar-refractivity contribution is 0.0952. The highest BCUT2D eigenvalue weighted by molar-refractivity contribution is 5.97. The van der Waals surface area contributed by atoms with Gasteiger partial charge in [-0.1, -0.05) is 42.5 Å². The van der Waals surface area contributed by atoms with Gasteiger partial charge in [0.2, 0.25) is 0 Å². The van der Waals surface area contributed by atoms with Crippen LogP contribution in [0.25, 0.3) is 10.8 Å². The fourth-order valence-corrected chi connectivity index (χ4v) is 3.40. The molecule has 0 saturated heterocycles. The predicted molar refractivity (Wildman–Crippen MR) is 126 cm³/mol. The lowest BCUT2D eigenvalue weighted by Crippen LogP contribution is -2.17. The number of nitrogens with zero attached hydrogens (tertiary/aromatic N) is 1. The Kier molecular flexibility index (Phi) is 6.40. The van der Waals surface area contributed by atoms with Crippen LogP contribution in [0, 0.1) is 0 Å². The van der Waals surface area contributed by atoms with Gasteiger partial charge in [-0.15, -0.1) is 0 Å². The Bertz CT molecular complexity index is 1330. The molecular weight excluding hydrogens is 420 g/mol. The van der Waals surface area contributed by atoms with Crippen molar-refractivity contribution in [3.63, 3.8) is 0 Å². The van der Waals surface area contributed by atoms with Crippen LogP contribution in [-0.4, -0.2) is 29.4 Å². The van der Waals surface area contributed by atoms with Crippen LogP contribution in [0.15, 0.2) is 84.0 Å². The number of carbonyl (C=O) groups is 1. The smallest absolute Gasteiger partial charge is 0.275 e. The van der Waals surface area contributed by atoms with E-state index in [1.807, 2.05) is 24.3 Å². The Balaban J connectivity index is 1.43. The molecule has 7 nitrogen and oxygen atoms in total. The van der Waals surface area contributed by atoms with E-state index >= 15 is 0 Å². The number of fused-ring (bicyclic) bond motifs is 1. The summed E-state index contributed by atoms with van der Waals surface area (Å²) in [4.78, 5) is 12.1. The molecule has 0 aliphatic rings. The summed E-state index contributed by atoms with van der Waals surface area (Å²) < 4.78 is 11.5. The van der Waals surface area contributed by atoms with Gasteiger partial charge in [0.05, 0.1) is 18.9 Å². The molecule has 0 spiro atoms. The third-order valence-corrected chi connectivity index (χ3v) is 5.06. The van der Waals surface area contributed by atoms with Crippen molar-refractivity contribution in [3.05, 3.63) is 95.6 Å². The van der Waals surface area contributed by atoms with Crippen molar-refractivity contribution in [2.75, 3.05) is 7.11 Å². The number of benzene rings is 4. The molecule has 0 aliphatic heterocycles. The first kappa shape index (κ1) is 21.7. The van der Waals surface area contributed by atoms with Crippen LogP contribution in [0.3, 0.4) is 0 Å². The molecule has 33 heavy (non-hydrogen) atoms. The van der Waals surface area contributed by atoms with Gasteiger partial charge < -0.3 is 19.7 Å². The first-order chi connectivity index (χ1) is 16.0. The van der Waals surface area contributed by atoms with E-state index in [1.54, 1.807) is 25.3 Å². The molecule has 0 fully saturated rings. The summed E-state index contributed by atoms with van der Waals surface area (Å²) in [6, 6.07) is 23.2. The minimum absolute atomic E-state index is 0.000264. The number of hydrazone groups is 1. The first-order valence-corrected chi connectivity index (χ1v) is 10.2. The van der Waals surface area contributed by atoms with Crippen LogP contribution < -0.4 is 14.9 Å². The zero-order chi connectivity index (χ0) is 23.2. The maximum absolute atomic E-state index is 12.1. The number of amides is 1. The number of ether oxygens (including phenoxy) is 2. The van der Waals surface area contributed by atoms with E-state index < -0.39 is 5.91 Å². The van der Waals surface area contributed by atoms with Gasteiger partial charge in [-0.25, -0.2) is 5.43 Å². The first-order valence-electron chi connectivity index (χ1n) is 10.2. The van der Waals surface area contributed by atoms with Gasteiger partial charge in [0.25, 0.3) is 5.91 Å². The van der Waals surface area contributed by atoms with Gasteiger partial charge >= 0.3 is 0 Å². The normalized spacial score (nSPS) is 10.9. The summed E-state index contributed by atoms with van der Waals surface area (Å²) in [6.07, 6.45) is 1.45. The van der Waals surface area contributed by atoms with Crippen LogP contribution in [0.4, 0.5) is 0 Å². The number of methoxy groups -OCH3 is 1. The number of rotatable bonds is 7. The second-order valence-electron chi connectivity index (χ2n) is 7.24. The summed E-state index contributed by atoms with van der Waals surface area (Å²) >= 11 is 0. The molecule has 166 valence electrons. The van der Waals surface area contributed by atoms with E-state index in [4.69, 9.17) is 9.47 Å². The van der Waals surface area contributed by atoms with E-state index in [0.717, 1.165) is 22.4 Å². The van der Waals surface area contributed by atoms with Gasteiger partial charge in [0.15, 0.2) is 11.5 Å². The lowest BCUT2D eigenvalue weighted by Gasteiger charge is -2.12. The number of hydrogen-bond acceptors (Lipinski definition) is 6. The number of hydrogen-bond donors (Lipinski definition) is 3. The number of phenolic OH excluding ortho intramolecular Hbond substituents is 2. The number of aromatic hydroxyl groups is 2. The number of phenols is 2. The zero-order valence-corrected chi connectivity index (χ0v) is 17.9. The second-order valence-corrected chi connectivity index (χ2v) is 7.24. The zero-order valence-electron chi connectivity index (χ0n) is 17.9. The maximum atomic E-state index is 12.1. The SMILES string of the molecule is COc1cc(/C=N/NC(=O)c2ccc(O)cc2O)ccc1OCc1cccc2ccccc12. The molecule has 4 rings (SSSR count). The molecule has 4 aromatic carbocycles. The second kappa shape index (κ2) is 9.74. The fourth-order valence-electron chi connectivity index (χ4n) is 3.40. The monoisotopic (exact) mass is 442 g/mol. The Hall–Kier alpha value is -4.52. The number of carbonyl (C=O) groups excluding carboxylic acids is 1. The largest absolute Gasteiger partial charge is 0.508 e. The predicted octanol–water partition coefficient (Wildman–Crippen LogP) is 4.60. The Morgan fingerprint density at radius 1 is 0.970 bits per heavy atom. The van der Waals surface area contributed by atoms with Gasteiger partial charge in [-0.2, -0.15) is 5.10 Å². The van der Waals surface area contributed by atoms with Crippen LogP contribution in [0.2, 0.25) is 0 Å². The molecule has 0 heterocycles. The van der Waals surface area contributed by atoms with Gasteiger partial charge in [0.1, 0.15) is 18.1 Å². The molecule has 0 aliphatic carbocycles. The average Bonchev–Trinajstić information content (AvgIpc) is 2.83. The molecule has 7 heteroatoms. The standard InChI is InChI=1S/C26H22N2O5/c1-32-25-13-17(15-27-28-26(31)22-11-10-20(29)14-23(22)30)9-12-24(25)33-16-19-7-4-6-18-5-2-3-8-21(18)19/h2-15,29-30H,16H2,1H3,(H,28,31)/b27-15+. The highest BCUT2D eigenvalue weighted by atomic mass is 16.5. The summed E-state index contributed by atoms with van der Waals surface area (Å²) in [7, 11) is 1.55. The van der Waals surface area contributed by atoms with Crippen molar-refractivity contribution in [2.45, 2.75) is 6.61 Å².